The Bertz CT molecular complexity index is 676. The second-order valence-corrected chi connectivity index (χ2v) is 8.11. The Hall–Kier alpha value is -1.03. The Morgan fingerprint density at radius 2 is 1.96 bits per heavy atom. The third kappa shape index (κ3) is 6.50. The first kappa shape index (κ1) is 25.0. The summed E-state index contributed by atoms with van der Waals surface area (Å²) in [4.78, 5) is 19.2. The number of guanidine groups is 1. The monoisotopic (exact) mass is 566 g/mol. The van der Waals surface area contributed by atoms with Crippen LogP contribution in [0, 0.1) is 5.41 Å². The van der Waals surface area contributed by atoms with Crippen molar-refractivity contribution in [3.8, 4) is 5.75 Å². The standard InChI is InChI=1S/C20H31BrN4O2.HI/c1-5-22-19(23-13-15-12-16(21)8-9-17(15)27-4)24-14-20(10-6-7-11-20)18(26)25(2)3;/h8-9,12H,5-7,10-11,13-14H2,1-4H3,(H2,22,23,24);1H. The third-order valence-corrected chi connectivity index (χ3v) is 5.50. The van der Waals surface area contributed by atoms with Gasteiger partial charge in [-0.1, -0.05) is 28.8 Å². The van der Waals surface area contributed by atoms with E-state index in [1.165, 1.54) is 0 Å². The lowest BCUT2D eigenvalue weighted by Crippen LogP contribution is -2.49. The quantitative estimate of drug-likeness (QED) is 0.299. The molecule has 0 aromatic heterocycles. The number of aliphatic imine (C=N–C) groups is 1. The molecule has 0 heterocycles. The van der Waals surface area contributed by atoms with Crippen LogP contribution in [0.4, 0.5) is 0 Å². The number of hydrogen-bond donors (Lipinski definition) is 2. The Kier molecular flexibility index (Phi) is 10.6. The van der Waals surface area contributed by atoms with Crippen molar-refractivity contribution in [1.82, 2.24) is 15.5 Å². The molecule has 1 fully saturated rings. The molecule has 8 heteroatoms. The minimum Gasteiger partial charge on any atom is -0.496 e. The van der Waals surface area contributed by atoms with Gasteiger partial charge in [-0.15, -0.1) is 24.0 Å². The molecule has 1 saturated carbocycles. The van der Waals surface area contributed by atoms with Gasteiger partial charge in [0.05, 0.1) is 19.1 Å². The van der Waals surface area contributed by atoms with Gasteiger partial charge in [-0.3, -0.25) is 4.79 Å². The summed E-state index contributed by atoms with van der Waals surface area (Å²) in [6, 6.07) is 5.89. The summed E-state index contributed by atoms with van der Waals surface area (Å²) in [6.07, 6.45) is 4.06. The van der Waals surface area contributed by atoms with Gasteiger partial charge in [0.15, 0.2) is 5.96 Å². The predicted molar refractivity (Wildman–Crippen MR) is 129 cm³/mol. The number of carbonyl (C=O) groups is 1. The van der Waals surface area contributed by atoms with Crippen LogP contribution in [0.5, 0.6) is 5.75 Å². The van der Waals surface area contributed by atoms with Gasteiger partial charge in [0.1, 0.15) is 5.75 Å². The van der Waals surface area contributed by atoms with Crippen molar-refractivity contribution < 1.29 is 9.53 Å². The molecule has 158 valence electrons. The number of ether oxygens (including phenoxy) is 1. The largest absolute Gasteiger partial charge is 0.496 e. The number of halogens is 2. The second kappa shape index (κ2) is 11.8. The fourth-order valence-electron chi connectivity index (χ4n) is 3.62. The van der Waals surface area contributed by atoms with Gasteiger partial charge < -0.3 is 20.3 Å². The van der Waals surface area contributed by atoms with Crippen molar-refractivity contribution in [2.24, 2.45) is 10.4 Å². The van der Waals surface area contributed by atoms with Gasteiger partial charge in [0, 0.05) is 37.2 Å². The number of rotatable bonds is 7. The van der Waals surface area contributed by atoms with Crippen LogP contribution in [0.15, 0.2) is 27.7 Å². The molecule has 1 aromatic rings. The average molecular weight is 567 g/mol. The Morgan fingerprint density at radius 1 is 1.29 bits per heavy atom. The molecule has 0 unspecified atom stereocenters. The highest BCUT2D eigenvalue weighted by atomic mass is 127. The van der Waals surface area contributed by atoms with Crippen LogP contribution in [-0.4, -0.2) is 51.1 Å². The zero-order valence-electron chi connectivity index (χ0n) is 17.2. The highest BCUT2D eigenvalue weighted by Gasteiger charge is 2.42. The maximum atomic E-state index is 12.7. The zero-order chi connectivity index (χ0) is 19.9. The van der Waals surface area contributed by atoms with Crippen molar-refractivity contribution >= 4 is 51.8 Å². The topological polar surface area (TPSA) is 66.0 Å². The molecule has 0 saturated heterocycles. The van der Waals surface area contributed by atoms with Crippen LogP contribution >= 0.6 is 39.9 Å². The Labute approximate surface area is 194 Å². The summed E-state index contributed by atoms with van der Waals surface area (Å²) >= 11 is 3.50. The fraction of sp³-hybridized carbons (Fsp3) is 0.600. The SMILES string of the molecule is CCNC(=NCc1cc(Br)ccc1OC)NCC1(C(=O)N(C)C)CCCC1.I. The van der Waals surface area contributed by atoms with Gasteiger partial charge in [0.2, 0.25) is 5.91 Å². The smallest absolute Gasteiger partial charge is 0.230 e. The van der Waals surface area contributed by atoms with Gasteiger partial charge in [-0.2, -0.15) is 0 Å². The van der Waals surface area contributed by atoms with Gasteiger partial charge in [-0.25, -0.2) is 4.99 Å². The fourth-order valence-corrected chi connectivity index (χ4v) is 4.03. The molecule has 2 rings (SSSR count). The first-order chi connectivity index (χ1) is 12.9. The van der Waals surface area contributed by atoms with E-state index in [0.717, 1.165) is 54.0 Å². The molecule has 0 spiro atoms. The normalized spacial score (nSPS) is 15.5. The highest BCUT2D eigenvalue weighted by molar-refractivity contribution is 14.0. The lowest BCUT2D eigenvalue weighted by atomic mass is 9.84. The van der Waals surface area contributed by atoms with Crippen molar-refractivity contribution in [3.05, 3.63) is 28.2 Å². The molecule has 6 nitrogen and oxygen atoms in total. The number of nitrogens with zero attached hydrogens (tertiary/aromatic N) is 2. The van der Waals surface area contributed by atoms with E-state index in [1.54, 1.807) is 12.0 Å². The molecule has 1 aromatic carbocycles. The van der Waals surface area contributed by atoms with Crippen LogP contribution < -0.4 is 15.4 Å². The van der Waals surface area contributed by atoms with Crippen LogP contribution in [-0.2, 0) is 11.3 Å². The summed E-state index contributed by atoms with van der Waals surface area (Å²) in [5.74, 6) is 1.74. The summed E-state index contributed by atoms with van der Waals surface area (Å²) in [5, 5.41) is 6.68. The van der Waals surface area contributed by atoms with Crippen LogP contribution in [0.1, 0.15) is 38.2 Å². The summed E-state index contributed by atoms with van der Waals surface area (Å²) < 4.78 is 6.42. The maximum Gasteiger partial charge on any atom is 0.230 e. The van der Waals surface area contributed by atoms with E-state index in [2.05, 4.69) is 26.6 Å². The van der Waals surface area contributed by atoms with Crippen molar-refractivity contribution in [2.75, 3.05) is 34.3 Å². The number of carbonyl (C=O) groups excluding carboxylic acids is 1. The second-order valence-electron chi connectivity index (χ2n) is 7.19. The molecule has 1 aliphatic rings. The van der Waals surface area contributed by atoms with Crippen LogP contribution in [0.3, 0.4) is 0 Å². The van der Waals surface area contributed by atoms with E-state index >= 15 is 0 Å². The minimum absolute atomic E-state index is 0. The van der Waals surface area contributed by atoms with Crippen LogP contribution in [0.25, 0.3) is 0 Å². The van der Waals surface area contributed by atoms with Crippen molar-refractivity contribution in [3.63, 3.8) is 0 Å². The number of benzene rings is 1. The molecular weight excluding hydrogens is 535 g/mol. The van der Waals surface area contributed by atoms with Gasteiger partial charge in [0.25, 0.3) is 0 Å². The summed E-state index contributed by atoms with van der Waals surface area (Å²) in [6.45, 7) is 3.89. The van der Waals surface area contributed by atoms with E-state index in [0.29, 0.717) is 13.1 Å². The molecular formula is C20H32BrIN4O2. The van der Waals surface area contributed by atoms with E-state index in [1.807, 2.05) is 39.2 Å². The Balaban J connectivity index is 0.00000392. The molecule has 2 N–H and O–H groups in total. The van der Waals surface area contributed by atoms with Crippen molar-refractivity contribution in [1.29, 1.82) is 0 Å². The zero-order valence-corrected chi connectivity index (χ0v) is 21.1. The number of amides is 1. The van der Waals surface area contributed by atoms with Crippen LogP contribution in [0.2, 0.25) is 0 Å². The van der Waals surface area contributed by atoms with E-state index in [4.69, 9.17) is 9.73 Å². The lowest BCUT2D eigenvalue weighted by molar-refractivity contribution is -0.138. The predicted octanol–water partition coefficient (Wildman–Crippen LogP) is 3.78. The maximum absolute atomic E-state index is 12.7. The lowest BCUT2D eigenvalue weighted by Gasteiger charge is -2.31. The molecule has 0 aliphatic heterocycles. The van der Waals surface area contributed by atoms with E-state index in [9.17, 15) is 4.79 Å². The molecule has 0 atom stereocenters. The average Bonchev–Trinajstić information content (AvgIpc) is 3.13. The third-order valence-electron chi connectivity index (χ3n) is 5.01. The van der Waals surface area contributed by atoms with Crippen molar-refractivity contribution in [2.45, 2.75) is 39.2 Å². The number of methoxy groups -OCH3 is 1. The van der Waals surface area contributed by atoms with E-state index < -0.39 is 0 Å². The van der Waals surface area contributed by atoms with Gasteiger partial charge >= 0.3 is 0 Å². The minimum atomic E-state index is -0.326. The van der Waals surface area contributed by atoms with Gasteiger partial charge in [-0.05, 0) is 38.0 Å². The first-order valence-corrected chi connectivity index (χ1v) is 10.3. The summed E-state index contributed by atoms with van der Waals surface area (Å²) in [7, 11) is 5.33. The Morgan fingerprint density at radius 3 is 2.54 bits per heavy atom. The van der Waals surface area contributed by atoms with E-state index in [-0.39, 0.29) is 35.3 Å². The number of hydrogen-bond acceptors (Lipinski definition) is 3. The molecule has 0 radical (unpaired) electrons. The molecule has 28 heavy (non-hydrogen) atoms. The molecule has 0 bridgehead atoms. The summed E-state index contributed by atoms with van der Waals surface area (Å²) in [5.41, 5.74) is 0.677. The molecule has 1 aliphatic carbocycles. The molecule has 1 amide bonds. The first-order valence-electron chi connectivity index (χ1n) is 9.48. The highest BCUT2D eigenvalue weighted by Crippen LogP contribution is 2.38. The number of nitrogens with one attached hydrogen (secondary N) is 2.